The number of benzene rings is 1. The summed E-state index contributed by atoms with van der Waals surface area (Å²) < 4.78 is 0. The summed E-state index contributed by atoms with van der Waals surface area (Å²) in [5.41, 5.74) is 0.659. The largest absolute Gasteiger partial charge is 0.507 e. The van der Waals surface area contributed by atoms with Crippen LogP contribution >= 0.6 is 11.6 Å². The molecule has 1 aromatic carbocycles. The van der Waals surface area contributed by atoms with Gasteiger partial charge in [-0.25, -0.2) is 4.79 Å². The molecular weight excluding hydrogens is 318 g/mol. The van der Waals surface area contributed by atoms with E-state index in [4.69, 9.17) is 16.7 Å². The lowest BCUT2D eigenvalue weighted by Crippen LogP contribution is -2.20. The van der Waals surface area contributed by atoms with Gasteiger partial charge in [-0.15, -0.1) is 0 Å². The second kappa shape index (κ2) is 7.33. The van der Waals surface area contributed by atoms with E-state index in [9.17, 15) is 14.7 Å². The fraction of sp³-hybridized carbons (Fsp3) is 0.294. The quantitative estimate of drug-likeness (QED) is 0.753. The number of hydrogen-bond donors (Lipinski definition) is 3. The average Bonchev–Trinajstić information content (AvgIpc) is 2.51. The molecule has 1 atom stereocenters. The maximum atomic E-state index is 12.4. The maximum Gasteiger partial charge on any atom is 0.335 e. The van der Waals surface area contributed by atoms with Crippen molar-refractivity contribution in [2.75, 3.05) is 5.32 Å². The molecule has 0 spiro atoms. The number of carbonyl (C=O) groups excluding carboxylic acids is 1. The Morgan fingerprint density at radius 1 is 1.39 bits per heavy atom. The SMILES string of the molecule is CCCC1C=CC(O)=C(C(=O)Nc2ccc(C(=O)O)cc2Cl)C1. The predicted molar refractivity (Wildman–Crippen MR) is 88.9 cm³/mol. The molecule has 23 heavy (non-hydrogen) atoms. The fourth-order valence-electron chi connectivity index (χ4n) is 2.49. The Hall–Kier alpha value is -2.27. The number of anilines is 1. The van der Waals surface area contributed by atoms with Crippen LogP contribution in [0.3, 0.4) is 0 Å². The summed E-state index contributed by atoms with van der Waals surface area (Å²) in [5.74, 6) is -1.35. The number of nitrogens with one attached hydrogen (secondary N) is 1. The molecule has 0 bridgehead atoms. The zero-order valence-electron chi connectivity index (χ0n) is 12.7. The van der Waals surface area contributed by atoms with Crippen LogP contribution in [0.15, 0.2) is 41.7 Å². The molecule has 1 aliphatic carbocycles. The van der Waals surface area contributed by atoms with E-state index in [1.807, 2.05) is 6.08 Å². The molecule has 5 nitrogen and oxygen atoms in total. The number of rotatable bonds is 5. The third-order valence-electron chi connectivity index (χ3n) is 3.70. The molecule has 122 valence electrons. The van der Waals surface area contributed by atoms with E-state index < -0.39 is 11.9 Å². The van der Waals surface area contributed by atoms with Gasteiger partial charge >= 0.3 is 5.97 Å². The van der Waals surface area contributed by atoms with Crippen molar-refractivity contribution in [2.24, 2.45) is 5.92 Å². The second-order valence-corrected chi connectivity index (χ2v) is 5.84. The first kappa shape index (κ1) is 17.1. The molecule has 0 heterocycles. The number of aromatic carboxylic acids is 1. The number of carboxylic acids is 1. The lowest BCUT2D eigenvalue weighted by Gasteiger charge is -2.19. The summed E-state index contributed by atoms with van der Waals surface area (Å²) in [6.07, 6.45) is 5.85. The minimum Gasteiger partial charge on any atom is -0.507 e. The minimum atomic E-state index is -1.09. The van der Waals surface area contributed by atoms with Crippen LogP contribution in [0.25, 0.3) is 0 Å². The minimum absolute atomic E-state index is 0.0404. The van der Waals surface area contributed by atoms with Gasteiger partial charge in [0.15, 0.2) is 0 Å². The van der Waals surface area contributed by atoms with Gasteiger partial charge in [-0.2, -0.15) is 0 Å². The Bertz CT molecular complexity index is 694. The zero-order valence-corrected chi connectivity index (χ0v) is 13.4. The van der Waals surface area contributed by atoms with Crippen molar-refractivity contribution in [1.29, 1.82) is 0 Å². The van der Waals surface area contributed by atoms with Crippen LogP contribution in [0.4, 0.5) is 5.69 Å². The number of aliphatic hydroxyl groups excluding tert-OH is 1. The number of carboxylic acid groups (broad SMARTS) is 1. The molecule has 0 radical (unpaired) electrons. The lowest BCUT2D eigenvalue weighted by molar-refractivity contribution is -0.113. The van der Waals surface area contributed by atoms with E-state index in [-0.39, 0.29) is 22.3 Å². The van der Waals surface area contributed by atoms with Gasteiger partial charge in [0.2, 0.25) is 0 Å². The predicted octanol–water partition coefficient (Wildman–Crippen LogP) is 4.17. The van der Waals surface area contributed by atoms with Crippen LogP contribution in [0.5, 0.6) is 0 Å². The Morgan fingerprint density at radius 3 is 2.74 bits per heavy atom. The van der Waals surface area contributed by atoms with Crippen molar-refractivity contribution >= 4 is 29.2 Å². The smallest absolute Gasteiger partial charge is 0.335 e. The van der Waals surface area contributed by atoms with Gasteiger partial charge < -0.3 is 15.5 Å². The van der Waals surface area contributed by atoms with E-state index in [2.05, 4.69) is 12.2 Å². The average molecular weight is 336 g/mol. The van der Waals surface area contributed by atoms with Crippen LogP contribution in [0, 0.1) is 5.92 Å². The van der Waals surface area contributed by atoms with Gasteiger partial charge in [-0.1, -0.05) is 31.0 Å². The summed E-state index contributed by atoms with van der Waals surface area (Å²) >= 11 is 6.00. The summed E-state index contributed by atoms with van der Waals surface area (Å²) in [6.45, 7) is 2.07. The second-order valence-electron chi connectivity index (χ2n) is 5.43. The first-order chi connectivity index (χ1) is 10.9. The monoisotopic (exact) mass is 335 g/mol. The molecule has 6 heteroatoms. The molecule has 1 aliphatic rings. The molecular formula is C17H18ClNO4. The van der Waals surface area contributed by atoms with E-state index in [1.165, 1.54) is 18.2 Å². The third kappa shape index (κ3) is 4.13. The first-order valence-electron chi connectivity index (χ1n) is 7.36. The van der Waals surface area contributed by atoms with Crippen LogP contribution in [0.1, 0.15) is 36.5 Å². The van der Waals surface area contributed by atoms with Crippen molar-refractivity contribution in [3.63, 3.8) is 0 Å². The molecule has 2 rings (SSSR count). The van der Waals surface area contributed by atoms with E-state index in [0.29, 0.717) is 17.7 Å². The molecule has 0 aliphatic heterocycles. The van der Waals surface area contributed by atoms with Gasteiger partial charge in [0, 0.05) is 0 Å². The third-order valence-corrected chi connectivity index (χ3v) is 4.01. The lowest BCUT2D eigenvalue weighted by atomic mass is 9.89. The first-order valence-corrected chi connectivity index (χ1v) is 7.74. The van der Waals surface area contributed by atoms with Gasteiger partial charge in [-0.3, -0.25) is 4.79 Å². The summed E-state index contributed by atoms with van der Waals surface area (Å²) in [6, 6.07) is 4.07. The van der Waals surface area contributed by atoms with Crippen molar-refractivity contribution in [1.82, 2.24) is 0 Å². The highest BCUT2D eigenvalue weighted by Crippen LogP contribution is 2.28. The van der Waals surface area contributed by atoms with Crippen molar-refractivity contribution < 1.29 is 19.8 Å². The van der Waals surface area contributed by atoms with Gasteiger partial charge in [0.25, 0.3) is 5.91 Å². The molecule has 0 fully saturated rings. The van der Waals surface area contributed by atoms with Gasteiger partial charge in [-0.05, 0) is 43.0 Å². The topological polar surface area (TPSA) is 86.6 Å². The Kier molecular flexibility index (Phi) is 5.45. The number of halogens is 1. The molecule has 1 aromatic rings. The fourth-order valence-corrected chi connectivity index (χ4v) is 2.72. The van der Waals surface area contributed by atoms with Crippen LogP contribution in [-0.2, 0) is 4.79 Å². The molecule has 3 N–H and O–H groups in total. The zero-order chi connectivity index (χ0) is 17.0. The van der Waals surface area contributed by atoms with E-state index >= 15 is 0 Å². The Labute approximate surface area is 139 Å². The molecule has 0 saturated carbocycles. The molecule has 1 amide bonds. The van der Waals surface area contributed by atoms with E-state index in [0.717, 1.165) is 12.8 Å². The number of carbonyl (C=O) groups is 2. The van der Waals surface area contributed by atoms with Crippen molar-refractivity contribution in [3.8, 4) is 0 Å². The van der Waals surface area contributed by atoms with Gasteiger partial charge in [0.1, 0.15) is 5.76 Å². The maximum absolute atomic E-state index is 12.4. The number of hydrogen-bond acceptors (Lipinski definition) is 3. The Morgan fingerprint density at radius 2 is 2.13 bits per heavy atom. The number of amides is 1. The van der Waals surface area contributed by atoms with Crippen molar-refractivity contribution in [2.45, 2.75) is 26.2 Å². The van der Waals surface area contributed by atoms with Crippen LogP contribution in [-0.4, -0.2) is 22.1 Å². The van der Waals surface area contributed by atoms with Gasteiger partial charge in [0.05, 0.1) is 21.8 Å². The number of allylic oxidation sites excluding steroid dienone is 2. The standard InChI is InChI=1S/C17H18ClNO4/c1-2-3-10-4-7-15(20)12(8-10)16(21)19-14-6-5-11(17(22)23)9-13(14)18/h4-7,9-10,20H,2-3,8H2,1H3,(H,19,21)(H,22,23). The molecule has 0 aromatic heterocycles. The van der Waals surface area contributed by atoms with Crippen LogP contribution in [0.2, 0.25) is 5.02 Å². The summed E-state index contributed by atoms with van der Waals surface area (Å²) in [4.78, 5) is 23.2. The Balaban J connectivity index is 2.15. The molecule has 1 unspecified atom stereocenters. The highest BCUT2D eigenvalue weighted by atomic mass is 35.5. The number of aliphatic hydroxyl groups is 1. The van der Waals surface area contributed by atoms with Crippen LogP contribution < -0.4 is 5.32 Å². The summed E-state index contributed by atoms with van der Waals surface area (Å²) in [7, 11) is 0. The summed E-state index contributed by atoms with van der Waals surface area (Å²) in [5, 5.41) is 21.6. The van der Waals surface area contributed by atoms with E-state index in [1.54, 1.807) is 6.08 Å². The normalized spacial score (nSPS) is 17.2. The molecule has 0 saturated heterocycles. The highest BCUT2D eigenvalue weighted by molar-refractivity contribution is 6.34. The van der Waals surface area contributed by atoms with Crippen molar-refractivity contribution in [3.05, 3.63) is 52.3 Å². The highest BCUT2D eigenvalue weighted by Gasteiger charge is 2.22.